The highest BCUT2D eigenvalue weighted by molar-refractivity contribution is 5.80. The quantitative estimate of drug-likeness (QED) is 0.351. The maximum Gasteiger partial charge on any atom is 0.0278 e. The van der Waals surface area contributed by atoms with Crippen molar-refractivity contribution in [1.82, 2.24) is 0 Å². The minimum Gasteiger partial charge on any atom is -0.0642 e. The Balaban J connectivity index is 1.90. The number of benzene rings is 4. The zero-order valence-electron chi connectivity index (χ0n) is 16.1. The molecule has 1 unspecified atom stereocenters. The molecule has 4 aromatic rings. The van der Waals surface area contributed by atoms with Gasteiger partial charge in [0.15, 0.2) is 0 Å². The van der Waals surface area contributed by atoms with Gasteiger partial charge in [0.2, 0.25) is 0 Å². The zero-order valence-corrected chi connectivity index (χ0v) is 16.1. The fourth-order valence-electron chi connectivity index (χ4n) is 3.58. The Hall–Kier alpha value is -3.38. The number of aryl methyl sites for hydroxylation is 1. The zero-order chi connectivity index (χ0) is 19.2. The Morgan fingerprint density at radius 3 is 1.46 bits per heavy atom. The van der Waals surface area contributed by atoms with E-state index in [0.29, 0.717) is 0 Å². The lowest BCUT2D eigenvalue weighted by Crippen LogP contribution is -2.00. The molecule has 0 nitrogen and oxygen atoms in total. The van der Waals surface area contributed by atoms with Crippen LogP contribution in [0.2, 0.25) is 0 Å². The Morgan fingerprint density at radius 2 is 0.964 bits per heavy atom. The van der Waals surface area contributed by atoms with Crippen molar-refractivity contribution in [3.63, 3.8) is 0 Å². The summed E-state index contributed by atoms with van der Waals surface area (Å²) in [7, 11) is 0. The van der Waals surface area contributed by atoms with Crippen LogP contribution in [-0.2, 0) is 0 Å². The molecule has 0 aliphatic rings. The summed E-state index contributed by atoms with van der Waals surface area (Å²) in [6.45, 7) is 2.14. The summed E-state index contributed by atoms with van der Waals surface area (Å²) in [6, 6.07) is 41.0. The van der Waals surface area contributed by atoms with Crippen LogP contribution in [0.5, 0.6) is 0 Å². The maximum atomic E-state index is 2.41. The normalized spacial score (nSPS) is 11.6. The van der Waals surface area contributed by atoms with Crippen LogP contribution >= 0.6 is 0 Å². The van der Waals surface area contributed by atoms with Crippen LogP contribution in [0.1, 0.15) is 33.7 Å². The van der Waals surface area contributed by atoms with E-state index in [9.17, 15) is 0 Å². The van der Waals surface area contributed by atoms with Crippen molar-refractivity contribution in [3.8, 4) is 0 Å². The molecular weight excluding hydrogens is 336 g/mol. The molecular formula is C28H24. The van der Waals surface area contributed by atoms with Crippen molar-refractivity contribution in [1.29, 1.82) is 0 Å². The van der Waals surface area contributed by atoms with Gasteiger partial charge in [0, 0.05) is 5.92 Å². The Kier molecular flexibility index (Phi) is 5.49. The van der Waals surface area contributed by atoms with Crippen LogP contribution in [0.3, 0.4) is 0 Å². The van der Waals surface area contributed by atoms with Crippen molar-refractivity contribution in [3.05, 3.63) is 149 Å². The molecule has 0 bridgehead atoms. The molecule has 136 valence electrons. The molecule has 4 aromatic carbocycles. The SMILES string of the molecule is Cc1ccc(C(C=C(c2ccccc2)c2ccccc2)c2ccccc2)cc1. The van der Waals surface area contributed by atoms with Crippen molar-refractivity contribution < 1.29 is 0 Å². The van der Waals surface area contributed by atoms with Gasteiger partial charge in [-0.25, -0.2) is 0 Å². The predicted octanol–water partition coefficient (Wildman–Crippen LogP) is 7.26. The first kappa shape index (κ1) is 18.0. The molecule has 28 heavy (non-hydrogen) atoms. The third-order valence-electron chi connectivity index (χ3n) is 5.10. The number of rotatable bonds is 5. The number of allylic oxidation sites excluding steroid dienone is 1. The van der Waals surface area contributed by atoms with E-state index in [1.165, 1.54) is 33.4 Å². The molecule has 0 spiro atoms. The van der Waals surface area contributed by atoms with E-state index in [1.54, 1.807) is 0 Å². The molecule has 1 atom stereocenters. The third-order valence-corrected chi connectivity index (χ3v) is 5.10. The van der Waals surface area contributed by atoms with Crippen molar-refractivity contribution in [2.45, 2.75) is 12.8 Å². The lowest BCUT2D eigenvalue weighted by atomic mass is 9.86. The largest absolute Gasteiger partial charge is 0.0642 e. The molecule has 0 heterocycles. The summed E-state index contributed by atoms with van der Waals surface area (Å²) < 4.78 is 0. The van der Waals surface area contributed by atoms with Gasteiger partial charge in [0.1, 0.15) is 0 Å². The van der Waals surface area contributed by atoms with Crippen LogP contribution in [-0.4, -0.2) is 0 Å². The molecule has 0 N–H and O–H groups in total. The van der Waals surface area contributed by atoms with E-state index < -0.39 is 0 Å². The van der Waals surface area contributed by atoms with Gasteiger partial charge in [0.05, 0.1) is 0 Å². The summed E-state index contributed by atoms with van der Waals surface area (Å²) in [5.74, 6) is 0.192. The van der Waals surface area contributed by atoms with Gasteiger partial charge in [0.25, 0.3) is 0 Å². The highest BCUT2D eigenvalue weighted by atomic mass is 14.2. The van der Waals surface area contributed by atoms with Crippen molar-refractivity contribution >= 4 is 5.57 Å². The van der Waals surface area contributed by atoms with E-state index >= 15 is 0 Å². The summed E-state index contributed by atoms with van der Waals surface area (Å²) in [5.41, 5.74) is 7.63. The van der Waals surface area contributed by atoms with Gasteiger partial charge in [-0.05, 0) is 34.8 Å². The molecule has 0 aromatic heterocycles. The second kappa shape index (κ2) is 8.54. The highest BCUT2D eigenvalue weighted by Crippen LogP contribution is 2.33. The highest BCUT2D eigenvalue weighted by Gasteiger charge is 2.14. The van der Waals surface area contributed by atoms with Crippen molar-refractivity contribution in [2.24, 2.45) is 0 Å². The maximum absolute atomic E-state index is 2.41. The van der Waals surface area contributed by atoms with E-state index in [-0.39, 0.29) is 5.92 Å². The molecule has 0 saturated carbocycles. The van der Waals surface area contributed by atoms with Crippen LogP contribution in [0.4, 0.5) is 0 Å². The molecule has 0 radical (unpaired) electrons. The average molecular weight is 361 g/mol. The van der Waals surface area contributed by atoms with Crippen molar-refractivity contribution in [2.75, 3.05) is 0 Å². The summed E-state index contributed by atoms with van der Waals surface area (Å²) in [4.78, 5) is 0. The number of hydrogen-bond acceptors (Lipinski definition) is 0. The lowest BCUT2D eigenvalue weighted by molar-refractivity contribution is 1.02. The molecule has 0 aliphatic carbocycles. The third kappa shape index (κ3) is 4.13. The molecule has 0 amide bonds. The van der Waals surface area contributed by atoms with E-state index in [1.807, 2.05) is 0 Å². The van der Waals surface area contributed by atoms with Gasteiger partial charge in [-0.1, -0.05) is 127 Å². The summed E-state index contributed by atoms with van der Waals surface area (Å²) >= 11 is 0. The standard InChI is InChI=1S/C28H24/c1-22-17-19-26(20-18-22)28(25-15-9-4-10-16-25)21-27(23-11-5-2-6-12-23)24-13-7-3-8-14-24/h2-21,28H,1H3. The Morgan fingerprint density at radius 1 is 0.536 bits per heavy atom. The fourth-order valence-corrected chi connectivity index (χ4v) is 3.58. The molecule has 0 fully saturated rings. The Labute approximate surface area is 167 Å². The number of hydrogen-bond donors (Lipinski definition) is 0. The molecule has 0 saturated heterocycles. The van der Waals surface area contributed by atoms with E-state index in [0.717, 1.165) is 0 Å². The van der Waals surface area contributed by atoms with Gasteiger partial charge in [-0.15, -0.1) is 0 Å². The molecule has 4 rings (SSSR count). The summed E-state index contributed by atoms with van der Waals surface area (Å²) in [6.07, 6.45) is 2.41. The van der Waals surface area contributed by atoms with Gasteiger partial charge >= 0.3 is 0 Å². The second-order valence-electron chi connectivity index (χ2n) is 7.11. The minimum atomic E-state index is 0.192. The fraction of sp³-hybridized carbons (Fsp3) is 0.0714. The van der Waals surface area contributed by atoms with Gasteiger partial charge in [-0.2, -0.15) is 0 Å². The smallest absolute Gasteiger partial charge is 0.0278 e. The van der Waals surface area contributed by atoms with E-state index in [4.69, 9.17) is 0 Å². The summed E-state index contributed by atoms with van der Waals surface area (Å²) in [5, 5.41) is 0. The minimum absolute atomic E-state index is 0.192. The first-order valence-corrected chi connectivity index (χ1v) is 9.75. The van der Waals surface area contributed by atoms with E-state index in [2.05, 4.69) is 128 Å². The Bertz CT molecular complexity index is 986. The average Bonchev–Trinajstić information content (AvgIpc) is 2.77. The van der Waals surface area contributed by atoms with Gasteiger partial charge in [-0.3, -0.25) is 0 Å². The lowest BCUT2D eigenvalue weighted by Gasteiger charge is -2.18. The first-order chi connectivity index (χ1) is 13.8. The van der Waals surface area contributed by atoms with Crippen LogP contribution < -0.4 is 0 Å². The first-order valence-electron chi connectivity index (χ1n) is 9.75. The second-order valence-corrected chi connectivity index (χ2v) is 7.11. The van der Waals surface area contributed by atoms with Crippen LogP contribution in [0, 0.1) is 6.92 Å². The van der Waals surface area contributed by atoms with Crippen LogP contribution in [0.25, 0.3) is 5.57 Å². The topological polar surface area (TPSA) is 0 Å². The monoisotopic (exact) mass is 360 g/mol. The molecule has 0 heteroatoms. The predicted molar refractivity (Wildman–Crippen MR) is 119 cm³/mol. The van der Waals surface area contributed by atoms with Crippen LogP contribution in [0.15, 0.2) is 121 Å². The molecule has 0 aliphatic heterocycles. The van der Waals surface area contributed by atoms with Gasteiger partial charge < -0.3 is 0 Å².